The second-order valence-corrected chi connectivity index (χ2v) is 9.51. The molecule has 3 unspecified atom stereocenters. The van der Waals surface area contributed by atoms with E-state index in [0.29, 0.717) is 11.8 Å². The molecule has 5 rings (SSSR count). The van der Waals surface area contributed by atoms with Crippen molar-refractivity contribution in [2.24, 2.45) is 24.8 Å². The van der Waals surface area contributed by atoms with Gasteiger partial charge in [0.2, 0.25) is 0 Å². The fourth-order valence-electron chi connectivity index (χ4n) is 7.04. The van der Waals surface area contributed by atoms with E-state index in [1.54, 1.807) is 11.3 Å². The fourth-order valence-corrected chi connectivity index (χ4v) is 7.04. The number of fused-ring (bicyclic) bond motifs is 6. The number of aliphatic hydroxyl groups excluding tert-OH is 1. The molecule has 1 saturated heterocycles. The number of aryl methyl sites for hydroxylation is 1. The lowest BCUT2D eigenvalue weighted by Gasteiger charge is -2.58. The summed E-state index contributed by atoms with van der Waals surface area (Å²) in [6, 6.07) is 8.98. The Morgan fingerprint density at radius 1 is 1.22 bits per heavy atom. The summed E-state index contributed by atoms with van der Waals surface area (Å²) in [5, 5.41) is 12.0. The number of aliphatic hydroxyl groups is 1. The molecule has 1 aromatic heterocycles. The van der Waals surface area contributed by atoms with Gasteiger partial charge in [0.05, 0.1) is 11.6 Å². The molecule has 3 aliphatic rings. The monoisotopic (exact) mass is 366 g/mol. The molecule has 3 heterocycles. The summed E-state index contributed by atoms with van der Waals surface area (Å²) in [7, 11) is 2.29. The molecule has 0 spiro atoms. The van der Waals surface area contributed by atoms with Crippen molar-refractivity contribution in [3.8, 4) is 0 Å². The molecule has 3 nitrogen and oxygen atoms in total. The number of hydrogen-bond acceptors (Lipinski definition) is 2. The van der Waals surface area contributed by atoms with E-state index in [-0.39, 0.29) is 11.6 Å². The average molecular weight is 367 g/mol. The zero-order valence-electron chi connectivity index (χ0n) is 17.1. The van der Waals surface area contributed by atoms with Crippen LogP contribution in [-0.4, -0.2) is 33.8 Å². The van der Waals surface area contributed by atoms with Crippen LogP contribution < -0.4 is 0 Å². The average Bonchev–Trinajstić information content (AvgIpc) is 2.98. The van der Waals surface area contributed by atoms with Gasteiger partial charge < -0.3 is 9.67 Å². The molecule has 0 radical (unpaired) electrons. The largest absolute Gasteiger partial charge is 0.393 e. The first kappa shape index (κ1) is 17.8. The molecule has 1 saturated carbocycles. The normalized spacial score (nSPS) is 36.3. The van der Waals surface area contributed by atoms with E-state index in [0.717, 1.165) is 12.3 Å². The minimum absolute atomic E-state index is 0.105. The van der Waals surface area contributed by atoms with E-state index < -0.39 is 0 Å². The predicted octanol–water partition coefficient (Wildman–Crippen LogP) is 4.46. The zero-order valence-corrected chi connectivity index (χ0v) is 17.1. The number of benzene rings is 1. The Morgan fingerprint density at radius 2 is 2.04 bits per heavy atom. The Labute approximate surface area is 163 Å². The fraction of sp³-hybridized carbons (Fsp3) is 0.667. The van der Waals surface area contributed by atoms with Crippen molar-refractivity contribution >= 4 is 10.9 Å². The molecule has 27 heavy (non-hydrogen) atoms. The maximum atomic E-state index is 10.6. The highest BCUT2D eigenvalue weighted by Gasteiger charge is 2.53. The summed E-state index contributed by atoms with van der Waals surface area (Å²) in [5.74, 6) is 1.85. The van der Waals surface area contributed by atoms with Crippen LogP contribution in [0.5, 0.6) is 0 Å². The van der Waals surface area contributed by atoms with Gasteiger partial charge in [-0.25, -0.2) is 0 Å². The third kappa shape index (κ3) is 2.40. The summed E-state index contributed by atoms with van der Waals surface area (Å²) in [6.07, 6.45) is 6.94. The highest BCUT2D eigenvalue weighted by Crippen LogP contribution is 2.54. The van der Waals surface area contributed by atoms with E-state index in [1.807, 2.05) is 0 Å². The quantitative estimate of drug-likeness (QED) is 0.850. The van der Waals surface area contributed by atoms with Gasteiger partial charge in [-0.05, 0) is 61.5 Å². The Bertz CT molecular complexity index is 855. The molecule has 146 valence electrons. The van der Waals surface area contributed by atoms with Crippen LogP contribution in [0.3, 0.4) is 0 Å². The molecule has 2 fully saturated rings. The van der Waals surface area contributed by atoms with Crippen molar-refractivity contribution in [2.75, 3.05) is 13.1 Å². The third-order valence-electron chi connectivity index (χ3n) is 8.30. The number of hydrogen-bond donors (Lipinski definition) is 1. The van der Waals surface area contributed by atoms with Crippen molar-refractivity contribution < 1.29 is 5.11 Å². The van der Waals surface area contributed by atoms with Gasteiger partial charge in [-0.1, -0.05) is 38.5 Å². The number of nitrogens with zero attached hydrogens (tertiary/aromatic N) is 2. The Kier molecular flexibility index (Phi) is 4.18. The van der Waals surface area contributed by atoms with Gasteiger partial charge in [-0.3, -0.25) is 4.90 Å². The molecule has 1 aromatic carbocycles. The maximum absolute atomic E-state index is 10.6. The van der Waals surface area contributed by atoms with Crippen LogP contribution in [0.4, 0.5) is 0 Å². The molecule has 1 aliphatic carbocycles. The zero-order chi connectivity index (χ0) is 18.8. The van der Waals surface area contributed by atoms with Crippen LogP contribution in [0.1, 0.15) is 57.2 Å². The van der Waals surface area contributed by atoms with E-state index in [2.05, 4.69) is 54.6 Å². The first-order chi connectivity index (χ1) is 13.1. The van der Waals surface area contributed by atoms with E-state index in [9.17, 15) is 5.11 Å². The van der Waals surface area contributed by atoms with E-state index in [1.165, 1.54) is 56.1 Å². The van der Waals surface area contributed by atoms with E-state index >= 15 is 0 Å². The first-order valence-corrected chi connectivity index (χ1v) is 11.1. The maximum Gasteiger partial charge on any atom is 0.0619 e. The van der Waals surface area contributed by atoms with Crippen LogP contribution in [0.15, 0.2) is 24.3 Å². The van der Waals surface area contributed by atoms with E-state index in [4.69, 9.17) is 0 Å². The molecular weight excluding hydrogens is 332 g/mol. The SMILES string of the molecule is CCC[C@@]12CC3C(CCC(O)[C@@H]3C)CN1CCc1c2n(C)c2ccccc12. The van der Waals surface area contributed by atoms with Crippen molar-refractivity contribution in [3.63, 3.8) is 0 Å². The molecule has 2 aliphatic heterocycles. The van der Waals surface area contributed by atoms with Gasteiger partial charge in [0, 0.05) is 36.7 Å². The number of aromatic nitrogens is 1. The van der Waals surface area contributed by atoms with Crippen LogP contribution in [-0.2, 0) is 19.0 Å². The van der Waals surface area contributed by atoms with Gasteiger partial charge >= 0.3 is 0 Å². The third-order valence-corrected chi connectivity index (χ3v) is 8.30. The molecular formula is C24H34N2O. The smallest absolute Gasteiger partial charge is 0.0619 e. The van der Waals surface area contributed by atoms with Crippen LogP contribution in [0, 0.1) is 17.8 Å². The second kappa shape index (κ2) is 6.35. The number of rotatable bonds is 2. The van der Waals surface area contributed by atoms with Crippen molar-refractivity contribution in [3.05, 3.63) is 35.5 Å². The summed E-state index contributed by atoms with van der Waals surface area (Å²) < 4.78 is 2.51. The lowest BCUT2D eigenvalue weighted by molar-refractivity contribution is -0.0938. The van der Waals surface area contributed by atoms with Crippen molar-refractivity contribution in [2.45, 2.75) is 64.0 Å². The van der Waals surface area contributed by atoms with Gasteiger partial charge in [0.1, 0.15) is 0 Å². The molecule has 2 aromatic rings. The van der Waals surface area contributed by atoms with Crippen molar-refractivity contribution in [1.82, 2.24) is 9.47 Å². The minimum Gasteiger partial charge on any atom is -0.393 e. The first-order valence-electron chi connectivity index (χ1n) is 11.1. The summed E-state index contributed by atoms with van der Waals surface area (Å²) >= 11 is 0. The standard InChI is InChI=1S/C24H34N2O/c1-4-12-24-14-20-16(2)22(27)10-9-17(20)15-26(24)13-11-19-18-7-5-6-8-21(18)25(3)23(19)24/h5-8,16-17,20,22,27H,4,9-15H2,1-3H3/t16-,17?,20?,22?,24+/m1/s1. The predicted molar refractivity (Wildman–Crippen MR) is 111 cm³/mol. The van der Waals surface area contributed by atoms with Crippen LogP contribution in [0.25, 0.3) is 10.9 Å². The topological polar surface area (TPSA) is 28.4 Å². The van der Waals surface area contributed by atoms with Gasteiger partial charge in [-0.15, -0.1) is 0 Å². The molecule has 0 bridgehead atoms. The Hall–Kier alpha value is -1.32. The molecule has 1 N–H and O–H groups in total. The lowest BCUT2D eigenvalue weighted by Crippen LogP contribution is -2.60. The molecule has 0 amide bonds. The summed E-state index contributed by atoms with van der Waals surface area (Å²) in [6.45, 7) is 7.07. The van der Waals surface area contributed by atoms with Crippen LogP contribution >= 0.6 is 0 Å². The van der Waals surface area contributed by atoms with Gasteiger partial charge in [0.25, 0.3) is 0 Å². The van der Waals surface area contributed by atoms with Crippen LogP contribution in [0.2, 0.25) is 0 Å². The Morgan fingerprint density at radius 3 is 2.85 bits per heavy atom. The highest BCUT2D eigenvalue weighted by molar-refractivity contribution is 5.86. The lowest BCUT2D eigenvalue weighted by atomic mass is 9.60. The summed E-state index contributed by atoms with van der Waals surface area (Å²) in [4.78, 5) is 2.85. The Balaban J connectivity index is 1.68. The number of para-hydroxylation sites is 1. The van der Waals surface area contributed by atoms with Gasteiger partial charge in [-0.2, -0.15) is 0 Å². The molecule has 5 atom stereocenters. The highest BCUT2D eigenvalue weighted by atomic mass is 16.3. The number of piperidine rings is 1. The van der Waals surface area contributed by atoms with Crippen molar-refractivity contribution in [1.29, 1.82) is 0 Å². The van der Waals surface area contributed by atoms with Gasteiger partial charge in [0.15, 0.2) is 0 Å². The summed E-state index contributed by atoms with van der Waals surface area (Å²) in [5.41, 5.74) is 4.73. The molecule has 3 heteroatoms. The second-order valence-electron chi connectivity index (χ2n) is 9.51. The minimum atomic E-state index is -0.105.